The largest absolute Gasteiger partial charge is 0.360 e. The quantitative estimate of drug-likeness (QED) is 0.846. The molecule has 2 bridgehead atoms. The van der Waals surface area contributed by atoms with Crippen LogP contribution in [-0.4, -0.2) is 27.0 Å². The van der Waals surface area contributed by atoms with Gasteiger partial charge in [0, 0.05) is 36.3 Å². The van der Waals surface area contributed by atoms with Gasteiger partial charge >= 0.3 is 0 Å². The van der Waals surface area contributed by atoms with Crippen LogP contribution in [0.2, 0.25) is 5.02 Å². The molecular weight excluding hydrogens is 314 g/mol. The van der Waals surface area contributed by atoms with Crippen LogP contribution in [0.15, 0.2) is 22.9 Å². The van der Waals surface area contributed by atoms with Gasteiger partial charge in [-0.15, -0.1) is 0 Å². The topological polar surface area (TPSA) is 59.2 Å². The molecule has 2 fully saturated rings. The highest BCUT2D eigenvalue weighted by atomic mass is 35.5. The summed E-state index contributed by atoms with van der Waals surface area (Å²) in [5.41, 5.74) is 2.59. The van der Waals surface area contributed by atoms with Crippen molar-refractivity contribution in [3.05, 3.63) is 46.1 Å². The number of carbonyl (C=O) groups is 1. The van der Waals surface area contributed by atoms with E-state index in [0.29, 0.717) is 16.6 Å². The first-order valence-electron chi connectivity index (χ1n) is 8.14. The molecule has 2 aromatic rings. The van der Waals surface area contributed by atoms with Gasteiger partial charge in [-0.05, 0) is 37.3 Å². The van der Waals surface area contributed by atoms with Crippen molar-refractivity contribution in [1.29, 1.82) is 0 Å². The summed E-state index contributed by atoms with van der Waals surface area (Å²) in [6.07, 6.45) is 6.71. The average molecular weight is 330 g/mol. The summed E-state index contributed by atoms with van der Waals surface area (Å²) in [4.78, 5) is 19.4. The summed E-state index contributed by atoms with van der Waals surface area (Å²) in [5.74, 6) is 1.28. The van der Waals surface area contributed by atoms with E-state index in [-0.39, 0.29) is 18.0 Å². The Morgan fingerprint density at radius 3 is 2.96 bits per heavy atom. The Labute approximate surface area is 138 Å². The highest BCUT2D eigenvalue weighted by molar-refractivity contribution is 6.30. The number of halogens is 1. The fraction of sp³-hybridized carbons (Fsp3) is 0.471. The third-order valence-corrected chi connectivity index (χ3v) is 5.43. The van der Waals surface area contributed by atoms with E-state index in [0.717, 1.165) is 49.1 Å². The Bertz CT molecular complexity index is 799. The van der Waals surface area contributed by atoms with Gasteiger partial charge in [-0.2, -0.15) is 0 Å². The minimum Gasteiger partial charge on any atom is -0.360 e. The molecule has 5 rings (SSSR count). The molecule has 0 N–H and O–H groups in total. The first-order valence-corrected chi connectivity index (χ1v) is 8.52. The SMILES string of the molecule is O=C(c1cc(C2CC2)on1)N1C2CCC1c1cc(Cl)cnc1C2. The number of hydrogen-bond acceptors (Lipinski definition) is 4. The zero-order valence-electron chi connectivity index (χ0n) is 12.5. The van der Waals surface area contributed by atoms with Crippen LogP contribution in [0, 0.1) is 0 Å². The fourth-order valence-corrected chi connectivity index (χ4v) is 4.11. The van der Waals surface area contributed by atoms with Crippen molar-refractivity contribution < 1.29 is 9.32 Å². The number of rotatable bonds is 2. The number of hydrogen-bond donors (Lipinski definition) is 0. The molecule has 0 spiro atoms. The number of carbonyl (C=O) groups excluding carboxylic acids is 1. The van der Waals surface area contributed by atoms with Gasteiger partial charge in [-0.25, -0.2) is 0 Å². The molecule has 0 radical (unpaired) electrons. The summed E-state index contributed by atoms with van der Waals surface area (Å²) in [6.45, 7) is 0. The summed E-state index contributed by atoms with van der Waals surface area (Å²) >= 11 is 6.11. The predicted octanol–water partition coefficient (Wildman–Crippen LogP) is 3.50. The lowest BCUT2D eigenvalue weighted by atomic mass is 9.97. The first-order chi connectivity index (χ1) is 11.2. The van der Waals surface area contributed by atoms with Crippen LogP contribution in [0.1, 0.15) is 65.1 Å². The van der Waals surface area contributed by atoms with Crippen molar-refractivity contribution in [2.75, 3.05) is 0 Å². The maximum Gasteiger partial charge on any atom is 0.276 e. The summed E-state index contributed by atoms with van der Waals surface area (Å²) in [7, 11) is 0. The van der Waals surface area contributed by atoms with E-state index in [9.17, 15) is 4.79 Å². The highest BCUT2D eigenvalue weighted by Gasteiger charge is 2.44. The molecule has 2 aromatic heterocycles. The van der Waals surface area contributed by atoms with Gasteiger partial charge in [0.15, 0.2) is 5.69 Å². The normalized spacial score (nSPS) is 25.5. The standard InChI is InChI=1S/C17H16ClN3O2/c18-10-5-12-13(19-8-10)6-11-3-4-15(12)21(11)17(22)14-7-16(23-20-14)9-1-2-9/h5,7-9,11,15H,1-4,6H2. The van der Waals surface area contributed by atoms with Gasteiger partial charge < -0.3 is 9.42 Å². The smallest absolute Gasteiger partial charge is 0.276 e. The molecule has 1 saturated heterocycles. The lowest BCUT2D eigenvalue weighted by Gasteiger charge is -2.35. The number of aromatic nitrogens is 2. The van der Waals surface area contributed by atoms with Crippen LogP contribution in [0.4, 0.5) is 0 Å². The van der Waals surface area contributed by atoms with Gasteiger partial charge in [0.05, 0.1) is 11.1 Å². The second-order valence-electron chi connectivity index (χ2n) is 6.74. The predicted molar refractivity (Wildman–Crippen MR) is 83.4 cm³/mol. The lowest BCUT2D eigenvalue weighted by Crippen LogP contribution is -2.42. The zero-order chi connectivity index (χ0) is 15.6. The number of pyridine rings is 1. The third kappa shape index (κ3) is 2.10. The summed E-state index contributed by atoms with van der Waals surface area (Å²) < 4.78 is 5.35. The van der Waals surface area contributed by atoms with Crippen molar-refractivity contribution in [2.24, 2.45) is 0 Å². The lowest BCUT2D eigenvalue weighted by molar-refractivity contribution is 0.0633. The van der Waals surface area contributed by atoms with Crippen molar-refractivity contribution in [1.82, 2.24) is 15.0 Å². The van der Waals surface area contributed by atoms with E-state index in [1.54, 1.807) is 6.20 Å². The molecule has 2 atom stereocenters. The first kappa shape index (κ1) is 13.5. The van der Waals surface area contributed by atoms with Gasteiger partial charge in [0.2, 0.25) is 0 Å². The molecule has 2 unspecified atom stereocenters. The molecule has 2 aliphatic heterocycles. The van der Waals surface area contributed by atoms with Gasteiger partial charge in [-0.3, -0.25) is 9.78 Å². The third-order valence-electron chi connectivity index (χ3n) is 5.22. The van der Waals surface area contributed by atoms with Crippen LogP contribution in [0.3, 0.4) is 0 Å². The molecule has 1 aliphatic carbocycles. The molecule has 6 heteroatoms. The fourth-order valence-electron chi connectivity index (χ4n) is 3.94. The van der Waals surface area contributed by atoms with Crippen molar-refractivity contribution in [2.45, 2.75) is 50.1 Å². The van der Waals surface area contributed by atoms with Gasteiger partial charge in [0.1, 0.15) is 5.76 Å². The van der Waals surface area contributed by atoms with Crippen LogP contribution >= 0.6 is 11.6 Å². The van der Waals surface area contributed by atoms with Crippen LogP contribution in [-0.2, 0) is 6.42 Å². The Balaban J connectivity index is 1.49. The molecule has 0 aromatic carbocycles. The minimum atomic E-state index is -0.0289. The second kappa shape index (κ2) is 4.81. The van der Waals surface area contributed by atoms with Crippen LogP contribution in [0.5, 0.6) is 0 Å². The molecule has 1 saturated carbocycles. The van der Waals surface area contributed by atoms with Gasteiger partial charge in [-0.1, -0.05) is 16.8 Å². The minimum absolute atomic E-state index is 0.0289. The van der Waals surface area contributed by atoms with E-state index >= 15 is 0 Å². The maximum atomic E-state index is 13.0. The monoisotopic (exact) mass is 329 g/mol. The maximum absolute atomic E-state index is 13.0. The van der Waals surface area contributed by atoms with E-state index in [1.807, 2.05) is 17.0 Å². The van der Waals surface area contributed by atoms with E-state index in [2.05, 4.69) is 10.1 Å². The van der Waals surface area contributed by atoms with Crippen molar-refractivity contribution >= 4 is 17.5 Å². The van der Waals surface area contributed by atoms with Crippen molar-refractivity contribution in [3.8, 4) is 0 Å². The molecule has 4 heterocycles. The average Bonchev–Trinajstić information content (AvgIpc) is 3.19. The molecule has 3 aliphatic rings. The summed E-state index contributed by atoms with van der Waals surface area (Å²) in [6, 6.07) is 4.04. The van der Waals surface area contributed by atoms with E-state index in [1.165, 1.54) is 0 Å². The molecule has 118 valence electrons. The second-order valence-corrected chi connectivity index (χ2v) is 7.18. The van der Waals surface area contributed by atoms with Gasteiger partial charge in [0.25, 0.3) is 5.91 Å². The Morgan fingerprint density at radius 1 is 1.26 bits per heavy atom. The Kier molecular flexibility index (Phi) is 2.83. The van der Waals surface area contributed by atoms with Crippen LogP contribution in [0.25, 0.3) is 0 Å². The molecular formula is C17H16ClN3O2. The van der Waals surface area contributed by atoms with Crippen molar-refractivity contribution in [3.63, 3.8) is 0 Å². The number of nitrogens with zero attached hydrogens (tertiary/aromatic N) is 3. The van der Waals surface area contributed by atoms with E-state index < -0.39 is 0 Å². The summed E-state index contributed by atoms with van der Waals surface area (Å²) in [5, 5.41) is 4.64. The van der Waals surface area contributed by atoms with E-state index in [4.69, 9.17) is 16.1 Å². The Hall–Kier alpha value is -1.88. The molecule has 5 nitrogen and oxygen atoms in total. The highest BCUT2D eigenvalue weighted by Crippen LogP contribution is 2.45. The zero-order valence-corrected chi connectivity index (χ0v) is 13.3. The molecule has 1 amide bonds. The van der Waals surface area contributed by atoms with Crippen LogP contribution < -0.4 is 0 Å². The Morgan fingerprint density at radius 2 is 2.13 bits per heavy atom. The molecule has 23 heavy (non-hydrogen) atoms. The number of fused-ring (bicyclic) bond motifs is 4. The number of amides is 1.